The van der Waals surface area contributed by atoms with E-state index < -0.39 is 18.5 Å². The summed E-state index contributed by atoms with van der Waals surface area (Å²) in [5.74, 6) is -0.413. The molecule has 0 bridgehead atoms. The Balaban J connectivity index is 1.74. The Morgan fingerprint density at radius 1 is 1.38 bits per heavy atom. The van der Waals surface area contributed by atoms with Crippen molar-refractivity contribution in [2.75, 3.05) is 20.3 Å². The maximum atomic E-state index is 14.4. The summed E-state index contributed by atoms with van der Waals surface area (Å²) in [6.07, 6.45) is 4.57. The van der Waals surface area contributed by atoms with E-state index in [0.29, 0.717) is 11.3 Å². The van der Waals surface area contributed by atoms with Gasteiger partial charge in [0.05, 0.1) is 17.7 Å². The van der Waals surface area contributed by atoms with Gasteiger partial charge in [0, 0.05) is 48.4 Å². The summed E-state index contributed by atoms with van der Waals surface area (Å²) >= 11 is 6.36. The lowest BCUT2D eigenvalue weighted by Gasteiger charge is -2.21. The second-order valence-electron chi connectivity index (χ2n) is 8.16. The first kappa shape index (κ1) is 22.5. The van der Waals surface area contributed by atoms with Crippen LogP contribution in [0.3, 0.4) is 0 Å². The number of hydrazone groups is 1. The third-order valence-corrected chi connectivity index (χ3v) is 6.51. The number of pyridine rings is 1. The Morgan fingerprint density at radius 3 is 2.84 bits per heavy atom. The molecule has 0 saturated carbocycles. The highest BCUT2D eigenvalue weighted by Crippen LogP contribution is 2.41. The molecule has 4 atom stereocenters. The van der Waals surface area contributed by atoms with E-state index >= 15 is 0 Å². The fourth-order valence-electron chi connectivity index (χ4n) is 4.06. The van der Waals surface area contributed by atoms with Crippen molar-refractivity contribution in [3.63, 3.8) is 0 Å². The SMILES string of the molecule is CC1C(c2cnc3[nH]cc([C@H](C)c4c(OC[C@H](O)CO)ccc(F)c4Cl)c3c2)C=NN1C. The summed E-state index contributed by atoms with van der Waals surface area (Å²) in [4.78, 5) is 7.76. The molecule has 3 heterocycles. The van der Waals surface area contributed by atoms with E-state index in [9.17, 15) is 9.50 Å². The van der Waals surface area contributed by atoms with Gasteiger partial charge in [-0.15, -0.1) is 0 Å². The van der Waals surface area contributed by atoms with Crippen LogP contribution in [-0.2, 0) is 0 Å². The molecule has 1 aliphatic rings. The summed E-state index contributed by atoms with van der Waals surface area (Å²) in [5.41, 5.74) is 3.13. The number of nitrogens with one attached hydrogen (secondary N) is 1. The molecule has 7 nitrogen and oxygen atoms in total. The molecule has 3 aromatic rings. The number of aromatic amines is 1. The predicted octanol–water partition coefficient (Wildman–Crippen LogP) is 3.64. The number of rotatable bonds is 7. The highest BCUT2D eigenvalue weighted by Gasteiger charge is 2.28. The normalized spacial score (nSPS) is 20.2. The zero-order valence-corrected chi connectivity index (χ0v) is 18.8. The van der Waals surface area contributed by atoms with Crippen molar-refractivity contribution in [3.8, 4) is 5.75 Å². The third-order valence-electron chi connectivity index (χ3n) is 6.12. The molecular formula is C23H26ClFN4O3. The quantitative estimate of drug-likeness (QED) is 0.500. The molecule has 2 unspecified atom stereocenters. The Hall–Kier alpha value is -2.68. The molecule has 4 rings (SSSR count). The van der Waals surface area contributed by atoms with E-state index in [0.717, 1.165) is 22.2 Å². The number of H-pyrrole nitrogens is 1. The van der Waals surface area contributed by atoms with Crippen LogP contribution >= 0.6 is 11.6 Å². The molecule has 32 heavy (non-hydrogen) atoms. The minimum atomic E-state index is -1.05. The van der Waals surface area contributed by atoms with Crippen molar-refractivity contribution in [2.45, 2.75) is 37.8 Å². The first-order valence-corrected chi connectivity index (χ1v) is 10.8. The van der Waals surface area contributed by atoms with Gasteiger partial charge in [-0.05, 0) is 36.2 Å². The summed E-state index contributed by atoms with van der Waals surface area (Å²) in [7, 11) is 1.94. The first-order valence-electron chi connectivity index (χ1n) is 10.4. The largest absolute Gasteiger partial charge is 0.490 e. The number of aliphatic hydroxyl groups excluding tert-OH is 2. The van der Waals surface area contributed by atoms with Gasteiger partial charge in [0.2, 0.25) is 0 Å². The lowest BCUT2D eigenvalue weighted by atomic mass is 9.90. The van der Waals surface area contributed by atoms with Crippen molar-refractivity contribution < 1.29 is 19.3 Å². The van der Waals surface area contributed by atoms with E-state index in [1.54, 1.807) is 0 Å². The van der Waals surface area contributed by atoms with Crippen molar-refractivity contribution in [3.05, 3.63) is 58.1 Å². The minimum absolute atomic E-state index is 0.0369. The van der Waals surface area contributed by atoms with Gasteiger partial charge in [0.15, 0.2) is 0 Å². The second kappa shape index (κ2) is 9.05. The van der Waals surface area contributed by atoms with E-state index in [4.69, 9.17) is 21.4 Å². The van der Waals surface area contributed by atoms with Crippen molar-refractivity contribution in [2.24, 2.45) is 5.10 Å². The second-order valence-corrected chi connectivity index (χ2v) is 8.53. The fraction of sp³-hybridized carbons (Fsp3) is 0.391. The van der Waals surface area contributed by atoms with Gasteiger partial charge in [0.25, 0.3) is 0 Å². The molecule has 0 radical (unpaired) electrons. The average molecular weight is 461 g/mol. The van der Waals surface area contributed by atoms with Crippen LogP contribution in [0.5, 0.6) is 5.75 Å². The van der Waals surface area contributed by atoms with Crippen LogP contribution in [0, 0.1) is 5.82 Å². The number of hydrogen-bond donors (Lipinski definition) is 3. The lowest BCUT2D eigenvalue weighted by Crippen LogP contribution is -2.24. The molecule has 0 spiro atoms. The summed E-state index contributed by atoms with van der Waals surface area (Å²) in [6.45, 7) is 3.46. The highest BCUT2D eigenvalue weighted by atomic mass is 35.5. The molecule has 3 N–H and O–H groups in total. The number of aromatic nitrogens is 2. The van der Waals surface area contributed by atoms with Crippen LogP contribution in [0.2, 0.25) is 5.02 Å². The van der Waals surface area contributed by atoms with Gasteiger partial charge in [0.1, 0.15) is 29.9 Å². The van der Waals surface area contributed by atoms with Gasteiger partial charge >= 0.3 is 0 Å². The predicted molar refractivity (Wildman–Crippen MR) is 122 cm³/mol. The number of likely N-dealkylation sites (N-methyl/N-ethyl adjacent to an activating group) is 1. The number of ether oxygens (including phenoxy) is 1. The van der Waals surface area contributed by atoms with Crippen LogP contribution in [0.15, 0.2) is 35.7 Å². The number of aliphatic hydroxyl groups is 2. The van der Waals surface area contributed by atoms with Gasteiger partial charge in [-0.25, -0.2) is 9.37 Å². The molecule has 0 amide bonds. The summed E-state index contributed by atoms with van der Waals surface area (Å²) in [5, 5.41) is 25.9. The van der Waals surface area contributed by atoms with Crippen molar-refractivity contribution in [1.82, 2.24) is 15.0 Å². The lowest BCUT2D eigenvalue weighted by molar-refractivity contribution is 0.0532. The van der Waals surface area contributed by atoms with E-state index in [1.807, 2.05) is 37.6 Å². The topological polar surface area (TPSA) is 94.0 Å². The van der Waals surface area contributed by atoms with Crippen molar-refractivity contribution >= 4 is 28.8 Å². The monoisotopic (exact) mass is 460 g/mol. The first-order chi connectivity index (χ1) is 15.3. The number of halogens is 2. The Labute approximate surface area is 190 Å². The number of hydrogen-bond acceptors (Lipinski definition) is 6. The Morgan fingerprint density at radius 2 is 2.16 bits per heavy atom. The number of benzene rings is 1. The summed E-state index contributed by atoms with van der Waals surface area (Å²) in [6, 6.07) is 5.01. The molecule has 2 aromatic heterocycles. The van der Waals surface area contributed by atoms with Crippen LogP contribution in [0.25, 0.3) is 11.0 Å². The zero-order valence-electron chi connectivity index (χ0n) is 18.1. The van der Waals surface area contributed by atoms with Gasteiger partial charge in [-0.1, -0.05) is 18.5 Å². The number of fused-ring (bicyclic) bond motifs is 1. The van der Waals surface area contributed by atoms with Crippen molar-refractivity contribution in [1.29, 1.82) is 0 Å². The van der Waals surface area contributed by atoms with Crippen LogP contribution in [0.1, 0.15) is 42.4 Å². The van der Waals surface area contributed by atoms with E-state index in [-0.39, 0.29) is 29.5 Å². The number of nitrogens with zero attached hydrogens (tertiary/aromatic N) is 3. The van der Waals surface area contributed by atoms with Gasteiger partial charge < -0.3 is 19.9 Å². The van der Waals surface area contributed by atoms with Gasteiger partial charge in [-0.3, -0.25) is 5.01 Å². The Bertz CT molecular complexity index is 1150. The molecule has 9 heteroatoms. The summed E-state index contributed by atoms with van der Waals surface area (Å²) < 4.78 is 20.1. The standard InChI is InChI=1S/C23H26ClFN4O3/c1-12(21-20(32-11-15(31)10-30)5-4-19(25)22(21)24)17-8-27-23-16(17)6-14(7-26-23)18-9-28-29(3)13(18)2/h4-9,12-13,15,18,30-31H,10-11H2,1-3H3,(H,26,27)/t12-,13?,15+,18?/m0/s1. The molecule has 0 saturated heterocycles. The maximum Gasteiger partial charge on any atom is 0.142 e. The van der Waals surface area contributed by atoms with E-state index in [2.05, 4.69) is 28.1 Å². The van der Waals surface area contributed by atoms with Crippen LogP contribution < -0.4 is 4.74 Å². The van der Waals surface area contributed by atoms with Crippen LogP contribution in [0.4, 0.5) is 4.39 Å². The van der Waals surface area contributed by atoms with E-state index in [1.165, 1.54) is 12.1 Å². The Kier molecular flexibility index (Phi) is 6.37. The molecular weight excluding hydrogens is 435 g/mol. The molecule has 1 aliphatic heterocycles. The molecule has 0 aliphatic carbocycles. The zero-order chi connectivity index (χ0) is 23.0. The molecule has 1 aromatic carbocycles. The fourth-order valence-corrected chi connectivity index (χ4v) is 4.38. The highest BCUT2D eigenvalue weighted by molar-refractivity contribution is 6.31. The maximum absolute atomic E-state index is 14.4. The smallest absolute Gasteiger partial charge is 0.142 e. The third kappa shape index (κ3) is 4.05. The van der Waals surface area contributed by atoms with Gasteiger partial charge in [-0.2, -0.15) is 5.10 Å². The average Bonchev–Trinajstić information content (AvgIpc) is 3.36. The van der Waals surface area contributed by atoms with Crippen LogP contribution in [-0.4, -0.2) is 63.8 Å². The minimum Gasteiger partial charge on any atom is -0.490 e. The molecule has 0 fully saturated rings. The molecule has 170 valence electrons.